The molecule has 0 amide bonds. The quantitative estimate of drug-likeness (QED) is 0.693. The molecule has 0 aliphatic heterocycles. The molecule has 72 valence electrons. The minimum Gasteiger partial charge on any atom is -0.392 e. The molecule has 0 saturated heterocycles. The van der Waals surface area contributed by atoms with Crippen LogP contribution in [0.2, 0.25) is 0 Å². The van der Waals surface area contributed by atoms with Gasteiger partial charge in [-0.05, 0) is 36.3 Å². The highest BCUT2D eigenvalue weighted by Crippen LogP contribution is 2.23. The summed E-state index contributed by atoms with van der Waals surface area (Å²) in [5.41, 5.74) is 0.664. The third-order valence-corrected chi connectivity index (χ3v) is 2.32. The van der Waals surface area contributed by atoms with Crippen molar-refractivity contribution in [2.75, 3.05) is 0 Å². The summed E-state index contributed by atoms with van der Waals surface area (Å²) in [5, 5.41) is 19.9. The smallest absolute Gasteiger partial charge is 0.0844 e. The van der Waals surface area contributed by atoms with E-state index in [9.17, 15) is 5.11 Å². The van der Waals surface area contributed by atoms with Gasteiger partial charge in [-0.15, -0.1) is 9.24 Å². The molecular formula is C10H15O2P. The number of hydrogen-bond donors (Lipinski definition) is 2. The summed E-state index contributed by atoms with van der Waals surface area (Å²) in [6.45, 7) is 3.38. The molecule has 1 atom stereocenters. The van der Waals surface area contributed by atoms with Gasteiger partial charge in [0, 0.05) is 0 Å². The molecule has 0 saturated carbocycles. The Hall–Kier alpha value is -0.430. The molecule has 1 rings (SSSR count). The SMILES string of the molecule is CC(C)(O)c1ccc(P)cc1CO. The van der Waals surface area contributed by atoms with Crippen LogP contribution in [0.4, 0.5) is 0 Å². The van der Waals surface area contributed by atoms with E-state index in [1.807, 2.05) is 18.2 Å². The fourth-order valence-corrected chi connectivity index (χ4v) is 1.64. The van der Waals surface area contributed by atoms with Gasteiger partial charge >= 0.3 is 0 Å². The molecule has 0 heterocycles. The maximum absolute atomic E-state index is 9.77. The van der Waals surface area contributed by atoms with Gasteiger partial charge in [-0.25, -0.2) is 0 Å². The van der Waals surface area contributed by atoms with Crippen LogP contribution in [0.3, 0.4) is 0 Å². The second-order valence-corrected chi connectivity index (χ2v) is 4.30. The standard InChI is InChI=1S/C10H15O2P/c1-10(2,12)9-4-3-8(13)5-7(9)6-11/h3-5,11-12H,6,13H2,1-2H3. The second kappa shape index (κ2) is 3.75. The average molecular weight is 198 g/mol. The van der Waals surface area contributed by atoms with Crippen molar-refractivity contribution < 1.29 is 10.2 Å². The lowest BCUT2D eigenvalue weighted by atomic mass is 9.93. The molecule has 3 heteroatoms. The number of aliphatic hydroxyl groups is 2. The van der Waals surface area contributed by atoms with Crippen molar-refractivity contribution in [1.29, 1.82) is 0 Å². The molecular weight excluding hydrogens is 183 g/mol. The number of rotatable bonds is 2. The Morgan fingerprint density at radius 2 is 2.00 bits per heavy atom. The van der Waals surface area contributed by atoms with Crippen LogP contribution in [-0.2, 0) is 12.2 Å². The third-order valence-electron chi connectivity index (χ3n) is 1.96. The molecule has 0 bridgehead atoms. The summed E-state index contributed by atoms with van der Waals surface area (Å²) >= 11 is 0. The molecule has 0 aliphatic carbocycles. The lowest BCUT2D eigenvalue weighted by molar-refractivity contribution is 0.0760. The normalized spacial score (nSPS) is 11.8. The van der Waals surface area contributed by atoms with Crippen LogP contribution in [0.25, 0.3) is 0 Å². The van der Waals surface area contributed by atoms with Crippen LogP contribution in [0.15, 0.2) is 18.2 Å². The molecule has 2 nitrogen and oxygen atoms in total. The van der Waals surface area contributed by atoms with Crippen molar-refractivity contribution in [3.63, 3.8) is 0 Å². The minimum absolute atomic E-state index is 0.0401. The van der Waals surface area contributed by atoms with Gasteiger partial charge in [0.1, 0.15) is 0 Å². The summed E-state index contributed by atoms with van der Waals surface area (Å²) in [7, 11) is 2.56. The van der Waals surface area contributed by atoms with Crippen LogP contribution in [0.1, 0.15) is 25.0 Å². The summed E-state index contributed by atoms with van der Waals surface area (Å²) in [4.78, 5) is 0. The van der Waals surface area contributed by atoms with E-state index in [1.54, 1.807) is 13.8 Å². The first-order valence-electron chi connectivity index (χ1n) is 4.17. The fraction of sp³-hybridized carbons (Fsp3) is 0.400. The van der Waals surface area contributed by atoms with Crippen LogP contribution in [-0.4, -0.2) is 10.2 Å². The molecule has 1 unspecified atom stereocenters. The summed E-state index contributed by atoms with van der Waals surface area (Å²) in [5.74, 6) is 0. The van der Waals surface area contributed by atoms with Crippen LogP contribution < -0.4 is 5.30 Å². The largest absolute Gasteiger partial charge is 0.392 e. The van der Waals surface area contributed by atoms with Gasteiger partial charge in [0.15, 0.2) is 0 Å². The summed E-state index contributed by atoms with van der Waals surface area (Å²) in [6.07, 6.45) is 0. The van der Waals surface area contributed by atoms with E-state index in [1.165, 1.54) is 0 Å². The molecule has 0 fully saturated rings. The minimum atomic E-state index is -0.892. The topological polar surface area (TPSA) is 40.5 Å². The van der Waals surface area contributed by atoms with E-state index in [2.05, 4.69) is 9.24 Å². The highest BCUT2D eigenvalue weighted by atomic mass is 31.0. The van der Waals surface area contributed by atoms with Crippen molar-refractivity contribution in [3.8, 4) is 0 Å². The van der Waals surface area contributed by atoms with Gasteiger partial charge < -0.3 is 10.2 Å². The van der Waals surface area contributed by atoms with E-state index in [0.29, 0.717) is 0 Å². The van der Waals surface area contributed by atoms with E-state index in [-0.39, 0.29) is 6.61 Å². The molecule has 0 spiro atoms. The first kappa shape index (κ1) is 10.6. The van der Waals surface area contributed by atoms with Gasteiger partial charge in [0.25, 0.3) is 0 Å². The Bertz CT molecular complexity index is 302. The summed E-state index contributed by atoms with van der Waals surface area (Å²) < 4.78 is 0. The lowest BCUT2D eigenvalue weighted by Gasteiger charge is -2.21. The Morgan fingerprint density at radius 3 is 2.46 bits per heavy atom. The monoisotopic (exact) mass is 198 g/mol. The van der Waals surface area contributed by atoms with Gasteiger partial charge in [-0.3, -0.25) is 0 Å². The first-order valence-corrected chi connectivity index (χ1v) is 4.75. The Labute approximate surface area is 80.8 Å². The van der Waals surface area contributed by atoms with E-state index < -0.39 is 5.60 Å². The fourth-order valence-electron chi connectivity index (χ4n) is 1.34. The van der Waals surface area contributed by atoms with Crippen LogP contribution >= 0.6 is 9.24 Å². The van der Waals surface area contributed by atoms with Crippen LogP contribution in [0.5, 0.6) is 0 Å². The molecule has 13 heavy (non-hydrogen) atoms. The average Bonchev–Trinajstić information content (AvgIpc) is 2.01. The van der Waals surface area contributed by atoms with Crippen molar-refractivity contribution >= 4 is 14.5 Å². The number of aliphatic hydroxyl groups excluding tert-OH is 1. The van der Waals surface area contributed by atoms with Crippen molar-refractivity contribution in [1.82, 2.24) is 0 Å². The molecule has 0 aromatic heterocycles. The van der Waals surface area contributed by atoms with Gasteiger partial charge in [-0.2, -0.15) is 0 Å². The zero-order valence-corrected chi connectivity index (χ0v) is 9.07. The van der Waals surface area contributed by atoms with Crippen molar-refractivity contribution in [3.05, 3.63) is 29.3 Å². The number of benzene rings is 1. The Kier molecular flexibility index (Phi) is 3.07. The van der Waals surface area contributed by atoms with Crippen molar-refractivity contribution in [2.45, 2.75) is 26.1 Å². The molecule has 2 N–H and O–H groups in total. The van der Waals surface area contributed by atoms with Gasteiger partial charge in [0.05, 0.1) is 12.2 Å². The third kappa shape index (κ3) is 2.50. The second-order valence-electron chi connectivity index (χ2n) is 3.63. The molecule has 1 aromatic carbocycles. The van der Waals surface area contributed by atoms with Gasteiger partial charge in [0.2, 0.25) is 0 Å². The van der Waals surface area contributed by atoms with E-state index in [0.717, 1.165) is 16.4 Å². The molecule has 0 radical (unpaired) electrons. The molecule has 0 aliphatic rings. The van der Waals surface area contributed by atoms with Crippen molar-refractivity contribution in [2.24, 2.45) is 0 Å². The van der Waals surface area contributed by atoms with E-state index >= 15 is 0 Å². The maximum atomic E-state index is 9.77. The maximum Gasteiger partial charge on any atom is 0.0844 e. The van der Waals surface area contributed by atoms with E-state index in [4.69, 9.17) is 5.11 Å². The highest BCUT2D eigenvalue weighted by molar-refractivity contribution is 7.27. The predicted octanol–water partition coefficient (Wildman–Crippen LogP) is 0.907. The first-order chi connectivity index (χ1) is 5.95. The lowest BCUT2D eigenvalue weighted by Crippen LogP contribution is -2.19. The predicted molar refractivity (Wildman–Crippen MR) is 57.0 cm³/mol. The highest BCUT2D eigenvalue weighted by Gasteiger charge is 2.19. The molecule has 1 aromatic rings. The number of hydrogen-bond acceptors (Lipinski definition) is 2. The Morgan fingerprint density at radius 1 is 1.38 bits per heavy atom. The summed E-state index contributed by atoms with van der Waals surface area (Å²) in [6, 6.07) is 5.60. The Balaban J connectivity index is 3.22. The van der Waals surface area contributed by atoms with Gasteiger partial charge in [-0.1, -0.05) is 12.1 Å². The zero-order chi connectivity index (χ0) is 10.1. The zero-order valence-electron chi connectivity index (χ0n) is 7.91. The van der Waals surface area contributed by atoms with Crippen LogP contribution in [0, 0.1) is 0 Å².